The topological polar surface area (TPSA) is 117 Å². The molecule has 1 aliphatic carbocycles. The predicted molar refractivity (Wildman–Crippen MR) is 110 cm³/mol. The molecule has 1 aliphatic rings. The molecule has 0 spiro atoms. The summed E-state index contributed by atoms with van der Waals surface area (Å²) < 4.78 is 0. The zero-order valence-corrected chi connectivity index (χ0v) is 17.2. The van der Waals surface area contributed by atoms with Crippen molar-refractivity contribution in [2.75, 3.05) is 6.61 Å². The molecule has 1 aromatic carbocycles. The van der Waals surface area contributed by atoms with Gasteiger partial charge < -0.3 is 15.4 Å². The van der Waals surface area contributed by atoms with E-state index in [0.717, 1.165) is 36.8 Å². The van der Waals surface area contributed by atoms with Crippen LogP contribution in [0.3, 0.4) is 0 Å². The Morgan fingerprint density at radius 3 is 2.86 bits per heavy atom. The van der Waals surface area contributed by atoms with Crippen LogP contribution in [0.25, 0.3) is 0 Å². The van der Waals surface area contributed by atoms with E-state index in [-0.39, 0.29) is 6.61 Å². The number of rotatable bonds is 11. The van der Waals surface area contributed by atoms with Crippen LogP contribution in [0, 0.1) is 26.9 Å². The monoisotopic (exact) mass is 405 g/mol. The van der Waals surface area contributed by atoms with E-state index in [1.165, 1.54) is 5.57 Å². The van der Waals surface area contributed by atoms with E-state index < -0.39 is 16.7 Å². The standard InChI is InChI=1S/C21H31N3O5/c1-15-10-16(2)12-19(11-15)21(3,22)18-8-4-6-17(13-18)7-5-9-20(29-23-25)14-28-24(26)27/h4,6,8,13,16,19-20H,1,5,7,9-12,14,22H2,2-3H3. The minimum Gasteiger partial charge on any atom is -0.359 e. The average molecular weight is 405 g/mol. The molecular weight excluding hydrogens is 374 g/mol. The van der Waals surface area contributed by atoms with Crippen LogP contribution in [-0.2, 0) is 21.6 Å². The van der Waals surface area contributed by atoms with Gasteiger partial charge in [0.25, 0.3) is 5.09 Å². The number of allylic oxidation sites excluding steroid dienone is 1. The van der Waals surface area contributed by atoms with E-state index >= 15 is 0 Å². The highest BCUT2D eigenvalue weighted by molar-refractivity contribution is 5.30. The van der Waals surface area contributed by atoms with Gasteiger partial charge in [-0.2, -0.15) is 0 Å². The third-order valence-electron chi connectivity index (χ3n) is 5.81. The molecule has 2 N–H and O–H groups in total. The van der Waals surface area contributed by atoms with Gasteiger partial charge in [-0.25, -0.2) is 0 Å². The second-order valence-corrected chi connectivity index (χ2v) is 8.39. The molecule has 1 aromatic rings. The first-order valence-electron chi connectivity index (χ1n) is 10.0. The molecule has 4 unspecified atom stereocenters. The summed E-state index contributed by atoms with van der Waals surface area (Å²) >= 11 is 0. The SMILES string of the molecule is C=C1CC(C)CC(C(C)(N)c2cccc(CCCC(CO[N+](=O)[O-])ON=O)c2)C1. The van der Waals surface area contributed by atoms with Crippen molar-refractivity contribution in [2.45, 2.75) is 64.0 Å². The van der Waals surface area contributed by atoms with E-state index in [2.05, 4.69) is 47.6 Å². The third kappa shape index (κ3) is 6.81. The Balaban J connectivity index is 1.98. The molecule has 0 amide bonds. The Morgan fingerprint density at radius 1 is 1.45 bits per heavy atom. The number of benzene rings is 1. The van der Waals surface area contributed by atoms with Crippen molar-refractivity contribution in [1.29, 1.82) is 0 Å². The highest BCUT2D eigenvalue weighted by Crippen LogP contribution is 2.41. The Labute approximate surface area is 171 Å². The van der Waals surface area contributed by atoms with E-state index in [4.69, 9.17) is 5.73 Å². The summed E-state index contributed by atoms with van der Waals surface area (Å²) in [7, 11) is 0. The number of hydrogen-bond acceptors (Lipinski definition) is 7. The van der Waals surface area contributed by atoms with Crippen LogP contribution in [0.15, 0.2) is 41.8 Å². The lowest BCUT2D eigenvalue weighted by atomic mass is 9.68. The van der Waals surface area contributed by atoms with Gasteiger partial charge in [0.15, 0.2) is 11.4 Å². The van der Waals surface area contributed by atoms with Gasteiger partial charge in [-0.15, -0.1) is 15.0 Å². The molecule has 0 heterocycles. The first-order chi connectivity index (χ1) is 13.7. The van der Waals surface area contributed by atoms with E-state index in [9.17, 15) is 15.0 Å². The molecule has 1 fully saturated rings. The number of nitrogens with zero attached hydrogens (tertiary/aromatic N) is 2. The average Bonchev–Trinajstić information content (AvgIpc) is 2.65. The molecule has 0 saturated heterocycles. The van der Waals surface area contributed by atoms with Gasteiger partial charge in [0.1, 0.15) is 6.61 Å². The highest BCUT2D eigenvalue weighted by atomic mass is 17.0. The Hall–Kier alpha value is -2.48. The Morgan fingerprint density at radius 2 is 2.21 bits per heavy atom. The van der Waals surface area contributed by atoms with Crippen molar-refractivity contribution in [2.24, 2.45) is 22.9 Å². The van der Waals surface area contributed by atoms with Crippen molar-refractivity contribution < 1.29 is 14.8 Å². The fourth-order valence-corrected chi connectivity index (χ4v) is 4.24. The summed E-state index contributed by atoms with van der Waals surface area (Å²) in [6.07, 6.45) is 4.20. The summed E-state index contributed by atoms with van der Waals surface area (Å²) in [4.78, 5) is 29.5. The van der Waals surface area contributed by atoms with Crippen molar-refractivity contribution in [3.8, 4) is 0 Å². The fourth-order valence-electron chi connectivity index (χ4n) is 4.24. The second-order valence-electron chi connectivity index (χ2n) is 8.39. The molecule has 0 radical (unpaired) electrons. The molecule has 29 heavy (non-hydrogen) atoms. The second kappa shape index (κ2) is 10.3. The molecule has 2 rings (SSSR count). The fraction of sp³-hybridized carbons (Fsp3) is 0.619. The summed E-state index contributed by atoms with van der Waals surface area (Å²) in [5, 5.41) is 11.8. The first kappa shape index (κ1) is 22.8. The van der Waals surface area contributed by atoms with Gasteiger partial charge >= 0.3 is 0 Å². The summed E-state index contributed by atoms with van der Waals surface area (Å²) in [6.45, 7) is 8.21. The largest absolute Gasteiger partial charge is 0.359 e. The molecule has 0 aliphatic heterocycles. The van der Waals surface area contributed by atoms with Crippen LogP contribution in [0.4, 0.5) is 0 Å². The summed E-state index contributed by atoms with van der Waals surface area (Å²) in [6, 6.07) is 8.24. The van der Waals surface area contributed by atoms with E-state index in [1.807, 2.05) is 12.1 Å². The van der Waals surface area contributed by atoms with Crippen molar-refractivity contribution in [3.63, 3.8) is 0 Å². The van der Waals surface area contributed by atoms with Crippen LogP contribution in [0.2, 0.25) is 0 Å². The van der Waals surface area contributed by atoms with Crippen molar-refractivity contribution in [3.05, 3.63) is 62.6 Å². The molecule has 8 nitrogen and oxygen atoms in total. The van der Waals surface area contributed by atoms with Crippen LogP contribution in [0.1, 0.15) is 57.1 Å². The Bertz CT molecular complexity index is 722. The van der Waals surface area contributed by atoms with Crippen molar-refractivity contribution in [1.82, 2.24) is 0 Å². The molecule has 4 atom stereocenters. The zero-order valence-electron chi connectivity index (χ0n) is 17.2. The summed E-state index contributed by atoms with van der Waals surface area (Å²) in [5.41, 5.74) is 9.85. The minimum absolute atomic E-state index is 0.316. The van der Waals surface area contributed by atoms with E-state index in [0.29, 0.717) is 24.7 Å². The maximum absolute atomic E-state index is 10.3. The maximum Gasteiger partial charge on any atom is 0.294 e. The molecule has 160 valence electrons. The van der Waals surface area contributed by atoms with Crippen LogP contribution in [-0.4, -0.2) is 17.8 Å². The van der Waals surface area contributed by atoms with Crippen molar-refractivity contribution >= 4 is 0 Å². The van der Waals surface area contributed by atoms with Gasteiger partial charge in [0.2, 0.25) is 0 Å². The normalized spacial score (nSPS) is 22.4. The van der Waals surface area contributed by atoms with Crippen LogP contribution < -0.4 is 5.73 Å². The van der Waals surface area contributed by atoms with Gasteiger partial charge in [-0.1, -0.05) is 43.3 Å². The Kier molecular flexibility index (Phi) is 8.13. The van der Waals surface area contributed by atoms with Gasteiger partial charge in [0.05, 0.1) is 0 Å². The molecular formula is C21H31N3O5. The zero-order chi connectivity index (χ0) is 21.4. The van der Waals surface area contributed by atoms with Gasteiger partial charge in [-0.3, -0.25) is 0 Å². The van der Waals surface area contributed by atoms with Crippen LogP contribution >= 0.6 is 0 Å². The highest BCUT2D eigenvalue weighted by Gasteiger charge is 2.35. The van der Waals surface area contributed by atoms with Gasteiger partial charge in [-0.05, 0) is 68.4 Å². The smallest absolute Gasteiger partial charge is 0.294 e. The quantitative estimate of drug-likeness (QED) is 0.251. The third-order valence-corrected chi connectivity index (χ3v) is 5.81. The van der Waals surface area contributed by atoms with Crippen LogP contribution in [0.5, 0.6) is 0 Å². The lowest BCUT2D eigenvalue weighted by Gasteiger charge is -2.40. The number of hydrogen-bond donors (Lipinski definition) is 1. The summed E-state index contributed by atoms with van der Waals surface area (Å²) in [5.74, 6) is 0.946. The lowest BCUT2D eigenvalue weighted by molar-refractivity contribution is -0.759. The molecule has 1 saturated carbocycles. The molecule has 0 bridgehead atoms. The van der Waals surface area contributed by atoms with Gasteiger partial charge in [0, 0.05) is 5.54 Å². The minimum atomic E-state index is -0.909. The lowest BCUT2D eigenvalue weighted by Crippen LogP contribution is -2.43. The molecule has 0 aromatic heterocycles. The predicted octanol–water partition coefficient (Wildman–Crippen LogP) is 4.45. The van der Waals surface area contributed by atoms with E-state index in [1.54, 1.807) is 0 Å². The first-order valence-corrected chi connectivity index (χ1v) is 10.0. The number of aryl methyl sites for hydroxylation is 1. The molecule has 8 heteroatoms. The number of nitrogens with two attached hydrogens (primary N) is 1. The maximum atomic E-state index is 10.3.